The first-order valence-electron chi connectivity index (χ1n) is 9.38. The Labute approximate surface area is 145 Å². The molecule has 1 aromatic heterocycles. The van der Waals surface area contributed by atoms with Gasteiger partial charge in [0.25, 0.3) is 0 Å². The zero-order valence-electron chi connectivity index (χ0n) is 14.8. The summed E-state index contributed by atoms with van der Waals surface area (Å²) in [6.45, 7) is 7.50. The van der Waals surface area contributed by atoms with E-state index in [9.17, 15) is 4.79 Å². The van der Waals surface area contributed by atoms with E-state index in [0.29, 0.717) is 18.4 Å². The standard InChI is InChI=1S/C19H30N4O/c1-16-7-6-8-18(21-16)20-13-17-9-12-22(14-17)15-19(24)23-10-4-2-3-5-11-23/h6-8,17H,2-5,9-15H2,1H3,(H,20,21)/t17-/m1/s1. The average molecular weight is 330 g/mol. The minimum Gasteiger partial charge on any atom is -0.370 e. The van der Waals surface area contributed by atoms with Crippen LogP contribution in [0, 0.1) is 12.8 Å². The third kappa shape index (κ3) is 4.94. The highest BCUT2D eigenvalue weighted by Crippen LogP contribution is 2.18. The van der Waals surface area contributed by atoms with Crippen LogP contribution in [-0.4, -0.2) is 60.0 Å². The largest absolute Gasteiger partial charge is 0.370 e. The molecule has 2 fully saturated rings. The molecule has 0 saturated carbocycles. The molecule has 1 N–H and O–H groups in total. The molecule has 24 heavy (non-hydrogen) atoms. The summed E-state index contributed by atoms with van der Waals surface area (Å²) < 4.78 is 0. The number of rotatable bonds is 5. The third-order valence-electron chi connectivity index (χ3n) is 5.15. The monoisotopic (exact) mass is 330 g/mol. The first-order valence-corrected chi connectivity index (χ1v) is 9.38. The second kappa shape index (κ2) is 8.47. The molecule has 0 spiro atoms. The van der Waals surface area contributed by atoms with Gasteiger partial charge in [0, 0.05) is 31.9 Å². The number of amides is 1. The molecule has 2 aliphatic heterocycles. The molecule has 1 atom stereocenters. The van der Waals surface area contributed by atoms with Crippen molar-refractivity contribution < 1.29 is 4.79 Å². The van der Waals surface area contributed by atoms with E-state index < -0.39 is 0 Å². The average Bonchev–Trinajstić information content (AvgIpc) is 2.83. The zero-order chi connectivity index (χ0) is 16.8. The summed E-state index contributed by atoms with van der Waals surface area (Å²) in [7, 11) is 0. The van der Waals surface area contributed by atoms with Gasteiger partial charge in [-0.1, -0.05) is 18.9 Å². The van der Waals surface area contributed by atoms with Crippen molar-refractivity contribution >= 4 is 11.7 Å². The fourth-order valence-electron chi connectivity index (χ4n) is 3.72. The highest BCUT2D eigenvalue weighted by Gasteiger charge is 2.26. The molecule has 0 radical (unpaired) electrons. The fraction of sp³-hybridized carbons (Fsp3) is 0.684. The minimum absolute atomic E-state index is 0.325. The van der Waals surface area contributed by atoms with Gasteiger partial charge in [0.05, 0.1) is 6.54 Å². The number of carbonyl (C=O) groups is 1. The molecule has 1 aromatic rings. The Kier molecular flexibility index (Phi) is 6.07. The van der Waals surface area contributed by atoms with Crippen LogP contribution in [0.25, 0.3) is 0 Å². The molecule has 3 rings (SSSR count). The van der Waals surface area contributed by atoms with Crippen LogP contribution in [0.1, 0.15) is 37.8 Å². The molecule has 0 bridgehead atoms. The Bertz CT molecular complexity index is 540. The number of anilines is 1. The molecule has 2 aliphatic rings. The smallest absolute Gasteiger partial charge is 0.236 e. The number of carbonyl (C=O) groups excluding carboxylic acids is 1. The topological polar surface area (TPSA) is 48.5 Å². The second-order valence-electron chi connectivity index (χ2n) is 7.23. The second-order valence-corrected chi connectivity index (χ2v) is 7.23. The van der Waals surface area contributed by atoms with Gasteiger partial charge in [-0.2, -0.15) is 0 Å². The summed E-state index contributed by atoms with van der Waals surface area (Å²) in [4.78, 5) is 21.4. The van der Waals surface area contributed by atoms with Crippen LogP contribution < -0.4 is 5.32 Å². The Morgan fingerprint density at radius 1 is 1.21 bits per heavy atom. The number of nitrogens with zero attached hydrogens (tertiary/aromatic N) is 3. The Balaban J connectivity index is 1.41. The molecule has 0 unspecified atom stereocenters. The first kappa shape index (κ1) is 17.2. The summed E-state index contributed by atoms with van der Waals surface area (Å²) in [5.74, 6) is 1.88. The molecule has 5 nitrogen and oxygen atoms in total. The maximum Gasteiger partial charge on any atom is 0.236 e. The van der Waals surface area contributed by atoms with Gasteiger partial charge < -0.3 is 10.2 Å². The van der Waals surface area contributed by atoms with E-state index in [1.165, 1.54) is 25.7 Å². The molecule has 3 heterocycles. The van der Waals surface area contributed by atoms with Crippen LogP contribution in [0.15, 0.2) is 18.2 Å². The van der Waals surface area contributed by atoms with Crippen LogP contribution in [0.2, 0.25) is 0 Å². The van der Waals surface area contributed by atoms with Gasteiger partial charge >= 0.3 is 0 Å². The summed E-state index contributed by atoms with van der Waals surface area (Å²) in [5.41, 5.74) is 1.04. The number of aryl methyl sites for hydroxylation is 1. The number of pyridine rings is 1. The normalized spacial score (nSPS) is 22.4. The lowest BCUT2D eigenvalue weighted by atomic mass is 10.1. The quantitative estimate of drug-likeness (QED) is 0.901. The van der Waals surface area contributed by atoms with Crippen LogP contribution >= 0.6 is 0 Å². The van der Waals surface area contributed by atoms with E-state index in [1.54, 1.807) is 0 Å². The van der Waals surface area contributed by atoms with Crippen molar-refractivity contribution in [3.05, 3.63) is 23.9 Å². The third-order valence-corrected chi connectivity index (χ3v) is 5.15. The number of likely N-dealkylation sites (tertiary alicyclic amines) is 2. The van der Waals surface area contributed by atoms with E-state index in [2.05, 4.69) is 20.1 Å². The van der Waals surface area contributed by atoms with Gasteiger partial charge in [0.15, 0.2) is 0 Å². The maximum absolute atomic E-state index is 12.5. The van der Waals surface area contributed by atoms with Gasteiger partial charge in [-0.05, 0) is 50.8 Å². The van der Waals surface area contributed by atoms with Crippen molar-refractivity contribution in [1.29, 1.82) is 0 Å². The molecule has 2 saturated heterocycles. The molecule has 0 aliphatic carbocycles. The van der Waals surface area contributed by atoms with E-state index in [0.717, 1.165) is 50.7 Å². The predicted molar refractivity (Wildman–Crippen MR) is 97.1 cm³/mol. The molecular weight excluding hydrogens is 300 g/mol. The Morgan fingerprint density at radius 3 is 2.75 bits per heavy atom. The highest BCUT2D eigenvalue weighted by molar-refractivity contribution is 5.78. The molecule has 5 heteroatoms. The van der Waals surface area contributed by atoms with E-state index in [1.807, 2.05) is 25.1 Å². The predicted octanol–water partition coefficient (Wildman–Crippen LogP) is 2.53. The van der Waals surface area contributed by atoms with Crippen LogP contribution in [0.5, 0.6) is 0 Å². The summed E-state index contributed by atoms with van der Waals surface area (Å²) in [5, 5.41) is 3.44. The molecule has 132 valence electrons. The number of nitrogens with one attached hydrogen (secondary N) is 1. The molecule has 0 aromatic carbocycles. The van der Waals surface area contributed by atoms with Crippen molar-refractivity contribution in [2.45, 2.75) is 39.0 Å². The number of aromatic nitrogens is 1. The lowest BCUT2D eigenvalue weighted by Gasteiger charge is -2.24. The van der Waals surface area contributed by atoms with Gasteiger partial charge in [-0.25, -0.2) is 4.98 Å². The van der Waals surface area contributed by atoms with E-state index in [4.69, 9.17) is 0 Å². The molecular formula is C19H30N4O. The Hall–Kier alpha value is -1.62. The zero-order valence-corrected chi connectivity index (χ0v) is 14.8. The fourth-order valence-corrected chi connectivity index (χ4v) is 3.72. The van der Waals surface area contributed by atoms with E-state index in [-0.39, 0.29) is 0 Å². The van der Waals surface area contributed by atoms with Crippen LogP contribution in [-0.2, 0) is 4.79 Å². The van der Waals surface area contributed by atoms with Gasteiger partial charge in [0.2, 0.25) is 5.91 Å². The minimum atomic E-state index is 0.325. The number of hydrogen-bond acceptors (Lipinski definition) is 4. The Morgan fingerprint density at radius 2 is 2.00 bits per heavy atom. The summed E-state index contributed by atoms with van der Waals surface area (Å²) in [6, 6.07) is 6.06. The van der Waals surface area contributed by atoms with Gasteiger partial charge in [-0.15, -0.1) is 0 Å². The molecule has 1 amide bonds. The lowest BCUT2D eigenvalue weighted by Crippen LogP contribution is -2.40. The summed E-state index contributed by atoms with van der Waals surface area (Å²) in [6.07, 6.45) is 6.04. The summed E-state index contributed by atoms with van der Waals surface area (Å²) >= 11 is 0. The van der Waals surface area contributed by atoms with Crippen molar-refractivity contribution in [1.82, 2.24) is 14.8 Å². The highest BCUT2D eigenvalue weighted by atomic mass is 16.2. The van der Waals surface area contributed by atoms with Gasteiger partial charge in [-0.3, -0.25) is 9.69 Å². The first-order chi connectivity index (χ1) is 11.7. The lowest BCUT2D eigenvalue weighted by molar-refractivity contribution is -0.132. The van der Waals surface area contributed by atoms with Crippen molar-refractivity contribution in [2.24, 2.45) is 5.92 Å². The van der Waals surface area contributed by atoms with E-state index >= 15 is 0 Å². The van der Waals surface area contributed by atoms with Crippen molar-refractivity contribution in [3.63, 3.8) is 0 Å². The van der Waals surface area contributed by atoms with Gasteiger partial charge in [0.1, 0.15) is 5.82 Å². The van der Waals surface area contributed by atoms with Crippen molar-refractivity contribution in [2.75, 3.05) is 44.6 Å². The van der Waals surface area contributed by atoms with Crippen molar-refractivity contribution in [3.8, 4) is 0 Å². The van der Waals surface area contributed by atoms with Crippen LogP contribution in [0.4, 0.5) is 5.82 Å². The SMILES string of the molecule is Cc1cccc(NC[C@H]2CCN(CC(=O)N3CCCCCC3)C2)n1. The maximum atomic E-state index is 12.5. The van der Waals surface area contributed by atoms with Crippen LogP contribution in [0.3, 0.4) is 0 Å². The number of hydrogen-bond donors (Lipinski definition) is 1.